The van der Waals surface area contributed by atoms with Gasteiger partial charge in [-0.2, -0.15) is 0 Å². The lowest BCUT2D eigenvalue weighted by molar-refractivity contribution is -0.119. The van der Waals surface area contributed by atoms with Crippen molar-refractivity contribution < 1.29 is 4.79 Å². The van der Waals surface area contributed by atoms with Crippen LogP contribution in [-0.2, 0) is 4.79 Å². The van der Waals surface area contributed by atoms with Crippen LogP contribution in [0.4, 0.5) is 5.69 Å². The molecule has 78 valence electrons. The molecule has 3 nitrogen and oxygen atoms in total. The van der Waals surface area contributed by atoms with E-state index in [1.165, 1.54) is 0 Å². The molecule has 0 heterocycles. The molecule has 1 amide bonds. The number of anilines is 1. The predicted molar refractivity (Wildman–Crippen MR) is 61.2 cm³/mol. The first-order valence-electron chi connectivity index (χ1n) is 4.75. The van der Waals surface area contributed by atoms with E-state index in [4.69, 9.17) is 12.2 Å². The van der Waals surface area contributed by atoms with Crippen molar-refractivity contribution in [3.8, 4) is 12.3 Å². The van der Waals surface area contributed by atoms with Crippen molar-refractivity contribution in [2.45, 2.75) is 6.92 Å². The number of carbonyl (C=O) groups excluding carboxylic acids is 1. The van der Waals surface area contributed by atoms with E-state index in [9.17, 15) is 4.79 Å². The quantitative estimate of drug-likeness (QED) is 0.724. The maximum absolute atomic E-state index is 11.5. The Kier molecular flexibility index (Phi) is 3.90. The summed E-state index contributed by atoms with van der Waals surface area (Å²) >= 11 is 0. The van der Waals surface area contributed by atoms with Crippen molar-refractivity contribution >= 4 is 11.6 Å². The van der Waals surface area contributed by atoms with Crippen LogP contribution in [0.5, 0.6) is 0 Å². The number of nitrogens with one attached hydrogen (secondary N) is 1. The second-order valence-corrected chi connectivity index (χ2v) is 3.35. The van der Waals surface area contributed by atoms with Gasteiger partial charge in [-0.25, -0.2) is 0 Å². The Labute approximate surface area is 89.7 Å². The molecule has 1 atom stereocenters. The summed E-state index contributed by atoms with van der Waals surface area (Å²) < 4.78 is 0. The molecule has 1 rings (SSSR count). The average Bonchev–Trinajstić information content (AvgIpc) is 2.28. The van der Waals surface area contributed by atoms with Gasteiger partial charge >= 0.3 is 0 Å². The minimum Gasteiger partial charge on any atom is -0.330 e. The molecular formula is C12H14N2O. The highest BCUT2D eigenvalue weighted by atomic mass is 16.1. The monoisotopic (exact) mass is 202 g/mol. The fraction of sp³-hybridized carbons (Fsp3) is 0.250. The summed E-state index contributed by atoms with van der Waals surface area (Å²) in [5.41, 5.74) is 6.84. The summed E-state index contributed by atoms with van der Waals surface area (Å²) in [7, 11) is 0. The first kappa shape index (κ1) is 11.3. The van der Waals surface area contributed by atoms with Gasteiger partial charge in [0, 0.05) is 23.7 Å². The molecule has 3 N–H and O–H groups in total. The van der Waals surface area contributed by atoms with Crippen molar-refractivity contribution in [1.29, 1.82) is 0 Å². The van der Waals surface area contributed by atoms with Crippen molar-refractivity contribution in [3.05, 3.63) is 29.8 Å². The topological polar surface area (TPSA) is 55.1 Å². The summed E-state index contributed by atoms with van der Waals surface area (Å²) in [5, 5.41) is 2.75. The van der Waals surface area contributed by atoms with Crippen molar-refractivity contribution in [3.63, 3.8) is 0 Å². The highest BCUT2D eigenvalue weighted by Gasteiger charge is 2.10. The van der Waals surface area contributed by atoms with Crippen LogP contribution in [0.25, 0.3) is 0 Å². The molecule has 0 bridgehead atoms. The minimum atomic E-state index is -0.195. The summed E-state index contributed by atoms with van der Waals surface area (Å²) in [6.45, 7) is 2.11. The van der Waals surface area contributed by atoms with Crippen LogP contribution in [-0.4, -0.2) is 12.5 Å². The van der Waals surface area contributed by atoms with Gasteiger partial charge in [0.2, 0.25) is 5.91 Å². The maximum atomic E-state index is 11.5. The van der Waals surface area contributed by atoms with Gasteiger partial charge in [0.15, 0.2) is 0 Å². The molecule has 15 heavy (non-hydrogen) atoms. The Balaban J connectivity index is 2.73. The Morgan fingerprint density at radius 2 is 2.40 bits per heavy atom. The molecule has 0 fully saturated rings. The first-order chi connectivity index (χ1) is 7.17. The zero-order chi connectivity index (χ0) is 11.3. The fourth-order valence-electron chi connectivity index (χ4n) is 1.06. The van der Waals surface area contributed by atoms with E-state index in [2.05, 4.69) is 11.2 Å². The Morgan fingerprint density at radius 1 is 1.67 bits per heavy atom. The number of terminal acetylenes is 1. The normalized spacial score (nSPS) is 11.5. The van der Waals surface area contributed by atoms with E-state index in [1.54, 1.807) is 25.1 Å². The zero-order valence-electron chi connectivity index (χ0n) is 8.66. The largest absolute Gasteiger partial charge is 0.330 e. The second-order valence-electron chi connectivity index (χ2n) is 3.35. The number of carbonyl (C=O) groups is 1. The van der Waals surface area contributed by atoms with Crippen LogP contribution in [0.2, 0.25) is 0 Å². The molecule has 0 aliphatic rings. The van der Waals surface area contributed by atoms with Crippen LogP contribution in [0.1, 0.15) is 12.5 Å². The van der Waals surface area contributed by atoms with Gasteiger partial charge in [0.1, 0.15) is 0 Å². The van der Waals surface area contributed by atoms with Crippen molar-refractivity contribution in [1.82, 2.24) is 0 Å². The third-order valence-corrected chi connectivity index (χ3v) is 2.10. The van der Waals surface area contributed by atoms with Gasteiger partial charge in [0.25, 0.3) is 0 Å². The van der Waals surface area contributed by atoms with E-state index in [0.29, 0.717) is 12.2 Å². The molecule has 0 aliphatic carbocycles. The summed E-state index contributed by atoms with van der Waals surface area (Å²) in [5.74, 6) is 2.22. The van der Waals surface area contributed by atoms with Crippen LogP contribution in [0, 0.1) is 18.3 Å². The van der Waals surface area contributed by atoms with Gasteiger partial charge in [-0.05, 0) is 18.2 Å². The summed E-state index contributed by atoms with van der Waals surface area (Å²) in [6, 6.07) is 7.16. The highest BCUT2D eigenvalue weighted by Crippen LogP contribution is 2.10. The Morgan fingerprint density at radius 3 is 3.00 bits per heavy atom. The number of rotatable bonds is 3. The number of amides is 1. The van der Waals surface area contributed by atoms with E-state index >= 15 is 0 Å². The second kappa shape index (κ2) is 5.18. The molecule has 1 unspecified atom stereocenters. The molecule has 1 aromatic carbocycles. The molecule has 3 heteroatoms. The van der Waals surface area contributed by atoms with Gasteiger partial charge in [0.05, 0.1) is 0 Å². The summed E-state index contributed by atoms with van der Waals surface area (Å²) in [6.07, 6.45) is 5.25. The van der Waals surface area contributed by atoms with Crippen LogP contribution in [0.3, 0.4) is 0 Å². The fourth-order valence-corrected chi connectivity index (χ4v) is 1.06. The number of nitrogens with two attached hydrogens (primary N) is 1. The number of benzene rings is 1. The molecule has 0 radical (unpaired) electrons. The lowest BCUT2D eigenvalue weighted by Gasteiger charge is -2.09. The van der Waals surface area contributed by atoms with Gasteiger partial charge in [-0.1, -0.05) is 18.9 Å². The van der Waals surface area contributed by atoms with Crippen LogP contribution < -0.4 is 11.1 Å². The number of hydrogen-bond acceptors (Lipinski definition) is 2. The van der Waals surface area contributed by atoms with Crippen molar-refractivity contribution in [2.75, 3.05) is 11.9 Å². The van der Waals surface area contributed by atoms with Crippen LogP contribution >= 0.6 is 0 Å². The first-order valence-corrected chi connectivity index (χ1v) is 4.75. The van der Waals surface area contributed by atoms with E-state index < -0.39 is 0 Å². The average molecular weight is 202 g/mol. The molecule has 0 saturated heterocycles. The van der Waals surface area contributed by atoms with E-state index in [1.807, 2.05) is 6.07 Å². The Hall–Kier alpha value is -1.79. The smallest absolute Gasteiger partial charge is 0.228 e. The third kappa shape index (κ3) is 3.12. The maximum Gasteiger partial charge on any atom is 0.228 e. The zero-order valence-corrected chi connectivity index (χ0v) is 8.66. The van der Waals surface area contributed by atoms with Gasteiger partial charge in [-0.15, -0.1) is 6.42 Å². The molecule has 1 aromatic rings. The van der Waals surface area contributed by atoms with E-state index in [0.717, 1.165) is 5.56 Å². The third-order valence-electron chi connectivity index (χ3n) is 2.10. The minimum absolute atomic E-state index is 0.0910. The van der Waals surface area contributed by atoms with Crippen LogP contribution in [0.15, 0.2) is 24.3 Å². The molecule has 0 aliphatic heterocycles. The molecule has 0 saturated carbocycles. The Bertz CT molecular complexity index is 393. The highest BCUT2D eigenvalue weighted by molar-refractivity contribution is 5.92. The van der Waals surface area contributed by atoms with Gasteiger partial charge in [-0.3, -0.25) is 4.79 Å². The SMILES string of the molecule is C#Cc1cccc(NC(=O)C(C)CN)c1. The molecular weight excluding hydrogens is 188 g/mol. The summed E-state index contributed by atoms with van der Waals surface area (Å²) in [4.78, 5) is 11.5. The molecule has 0 spiro atoms. The van der Waals surface area contributed by atoms with Crippen molar-refractivity contribution in [2.24, 2.45) is 11.7 Å². The standard InChI is InChI=1S/C12H14N2O/c1-3-10-5-4-6-11(7-10)14-12(15)9(2)8-13/h1,4-7,9H,8,13H2,2H3,(H,14,15). The lowest BCUT2D eigenvalue weighted by atomic mass is 10.1. The predicted octanol–water partition coefficient (Wildman–Crippen LogP) is 1.20. The van der Waals surface area contributed by atoms with Gasteiger partial charge < -0.3 is 11.1 Å². The molecule has 0 aromatic heterocycles. The lowest BCUT2D eigenvalue weighted by Crippen LogP contribution is -2.26. The number of hydrogen-bond donors (Lipinski definition) is 2. The van der Waals surface area contributed by atoms with E-state index in [-0.39, 0.29) is 11.8 Å².